The summed E-state index contributed by atoms with van der Waals surface area (Å²) in [5.74, 6) is 0.786. The molecule has 0 amide bonds. The fourth-order valence-corrected chi connectivity index (χ4v) is 3.03. The molecule has 19 heavy (non-hydrogen) atoms. The van der Waals surface area contributed by atoms with E-state index in [1.54, 1.807) is 18.0 Å². The molecule has 0 bridgehead atoms. The monoisotopic (exact) mass is 295 g/mol. The smallest absolute Gasteiger partial charge is 0.0834 e. The van der Waals surface area contributed by atoms with Gasteiger partial charge >= 0.3 is 0 Å². The van der Waals surface area contributed by atoms with E-state index >= 15 is 0 Å². The van der Waals surface area contributed by atoms with Gasteiger partial charge in [-0.15, -0.1) is 11.8 Å². The standard InChI is InChI=1S/C14H18ClN3S/c1-3-18-14(12(15)8-17-18)13(16)9-19-11-6-4-10(2)5-7-11/h4-8,13H,3,9,16H2,1-2H3. The molecule has 0 saturated carbocycles. The number of nitrogens with zero attached hydrogens (tertiary/aromatic N) is 2. The highest BCUT2D eigenvalue weighted by Gasteiger charge is 2.16. The van der Waals surface area contributed by atoms with Gasteiger partial charge in [-0.25, -0.2) is 0 Å². The first kappa shape index (κ1) is 14.4. The molecule has 0 saturated heterocycles. The first-order chi connectivity index (χ1) is 9.11. The Hall–Kier alpha value is -0.970. The molecule has 0 fully saturated rings. The minimum absolute atomic E-state index is 0.110. The number of aryl methyl sites for hydroxylation is 2. The predicted octanol–water partition coefficient (Wildman–Crippen LogP) is 3.66. The number of hydrogen-bond donors (Lipinski definition) is 1. The van der Waals surface area contributed by atoms with Gasteiger partial charge in [0.25, 0.3) is 0 Å². The molecule has 102 valence electrons. The minimum atomic E-state index is -0.110. The van der Waals surface area contributed by atoms with Gasteiger partial charge in [0.05, 0.1) is 23.0 Å². The van der Waals surface area contributed by atoms with E-state index in [4.69, 9.17) is 17.3 Å². The van der Waals surface area contributed by atoms with Gasteiger partial charge in [0.15, 0.2) is 0 Å². The lowest BCUT2D eigenvalue weighted by molar-refractivity contribution is 0.593. The van der Waals surface area contributed by atoms with Crippen molar-refractivity contribution >= 4 is 23.4 Å². The van der Waals surface area contributed by atoms with E-state index in [9.17, 15) is 0 Å². The Balaban J connectivity index is 2.03. The average Bonchev–Trinajstić information content (AvgIpc) is 2.79. The fourth-order valence-electron chi connectivity index (χ4n) is 1.89. The highest BCUT2D eigenvalue weighted by molar-refractivity contribution is 7.99. The topological polar surface area (TPSA) is 43.8 Å². The van der Waals surface area contributed by atoms with Crippen LogP contribution < -0.4 is 5.73 Å². The van der Waals surface area contributed by atoms with Crippen LogP contribution in [0.25, 0.3) is 0 Å². The van der Waals surface area contributed by atoms with Crippen LogP contribution in [0.15, 0.2) is 35.4 Å². The normalized spacial score (nSPS) is 12.6. The van der Waals surface area contributed by atoms with Crippen LogP contribution in [0.2, 0.25) is 5.02 Å². The predicted molar refractivity (Wildman–Crippen MR) is 81.7 cm³/mol. The molecule has 0 aliphatic heterocycles. The summed E-state index contributed by atoms with van der Waals surface area (Å²) in [4.78, 5) is 1.22. The van der Waals surface area contributed by atoms with E-state index in [1.165, 1.54) is 10.5 Å². The maximum absolute atomic E-state index is 6.23. The van der Waals surface area contributed by atoms with Gasteiger partial charge in [0.1, 0.15) is 0 Å². The van der Waals surface area contributed by atoms with Gasteiger partial charge in [0, 0.05) is 17.2 Å². The summed E-state index contributed by atoms with van der Waals surface area (Å²) in [6.45, 7) is 4.90. The Morgan fingerprint density at radius 2 is 2.05 bits per heavy atom. The summed E-state index contributed by atoms with van der Waals surface area (Å²) in [5, 5.41) is 4.87. The molecule has 5 heteroatoms. The number of benzene rings is 1. The second-order valence-corrected chi connectivity index (χ2v) is 5.92. The third kappa shape index (κ3) is 3.53. The van der Waals surface area contributed by atoms with E-state index in [-0.39, 0.29) is 6.04 Å². The zero-order chi connectivity index (χ0) is 13.8. The summed E-state index contributed by atoms with van der Waals surface area (Å²) in [6.07, 6.45) is 1.66. The molecule has 0 aliphatic rings. The van der Waals surface area contributed by atoms with Gasteiger partial charge in [-0.3, -0.25) is 4.68 Å². The zero-order valence-electron chi connectivity index (χ0n) is 11.1. The summed E-state index contributed by atoms with van der Waals surface area (Å²) in [5.41, 5.74) is 8.41. The van der Waals surface area contributed by atoms with Gasteiger partial charge in [-0.1, -0.05) is 29.3 Å². The van der Waals surface area contributed by atoms with Crippen LogP contribution >= 0.6 is 23.4 Å². The molecule has 1 aromatic carbocycles. The lowest BCUT2D eigenvalue weighted by Gasteiger charge is -2.14. The summed E-state index contributed by atoms with van der Waals surface area (Å²) in [7, 11) is 0. The largest absolute Gasteiger partial charge is 0.322 e. The van der Waals surface area contributed by atoms with Crippen LogP contribution in [0.3, 0.4) is 0 Å². The molecule has 0 radical (unpaired) electrons. The van der Waals surface area contributed by atoms with Crippen molar-refractivity contribution in [1.82, 2.24) is 9.78 Å². The van der Waals surface area contributed by atoms with Crippen molar-refractivity contribution in [3.63, 3.8) is 0 Å². The molecule has 1 heterocycles. The molecule has 1 unspecified atom stereocenters. The van der Waals surface area contributed by atoms with Crippen molar-refractivity contribution in [2.24, 2.45) is 5.73 Å². The van der Waals surface area contributed by atoms with Crippen LogP contribution in [0.5, 0.6) is 0 Å². The van der Waals surface area contributed by atoms with Crippen molar-refractivity contribution in [1.29, 1.82) is 0 Å². The maximum Gasteiger partial charge on any atom is 0.0834 e. The van der Waals surface area contributed by atoms with Crippen LogP contribution in [0.1, 0.15) is 24.2 Å². The maximum atomic E-state index is 6.23. The molecule has 2 rings (SSSR count). The van der Waals surface area contributed by atoms with Crippen LogP contribution in [-0.4, -0.2) is 15.5 Å². The van der Waals surface area contributed by atoms with Crippen molar-refractivity contribution < 1.29 is 0 Å². The molecule has 1 atom stereocenters. The third-order valence-corrected chi connectivity index (χ3v) is 4.36. The molecule has 2 aromatic rings. The van der Waals surface area contributed by atoms with Crippen LogP contribution in [0, 0.1) is 6.92 Å². The average molecular weight is 296 g/mol. The van der Waals surface area contributed by atoms with Gasteiger partial charge in [0.2, 0.25) is 0 Å². The van der Waals surface area contributed by atoms with Gasteiger partial charge in [-0.2, -0.15) is 5.10 Å². The number of nitrogens with two attached hydrogens (primary N) is 1. The highest BCUT2D eigenvalue weighted by Crippen LogP contribution is 2.27. The fraction of sp³-hybridized carbons (Fsp3) is 0.357. The molecule has 2 N–H and O–H groups in total. The molecule has 3 nitrogen and oxygen atoms in total. The second-order valence-electron chi connectivity index (χ2n) is 4.42. The van der Waals surface area contributed by atoms with E-state index in [0.29, 0.717) is 5.02 Å². The number of halogens is 1. The number of aromatic nitrogens is 2. The first-order valence-corrected chi connectivity index (χ1v) is 7.64. The number of thioether (sulfide) groups is 1. The Bertz CT molecular complexity index is 536. The Morgan fingerprint density at radius 3 is 2.68 bits per heavy atom. The lowest BCUT2D eigenvalue weighted by atomic mass is 10.2. The second kappa shape index (κ2) is 6.46. The number of rotatable bonds is 5. The van der Waals surface area contributed by atoms with Crippen molar-refractivity contribution in [2.75, 3.05) is 5.75 Å². The van der Waals surface area contributed by atoms with Crippen molar-refractivity contribution in [3.8, 4) is 0 Å². The third-order valence-electron chi connectivity index (χ3n) is 2.93. The van der Waals surface area contributed by atoms with Gasteiger partial charge in [-0.05, 0) is 26.0 Å². The van der Waals surface area contributed by atoms with Gasteiger partial charge < -0.3 is 5.73 Å². The van der Waals surface area contributed by atoms with E-state index < -0.39 is 0 Å². The first-order valence-electron chi connectivity index (χ1n) is 6.28. The Labute approximate surface area is 123 Å². The Kier molecular flexibility index (Phi) is 4.91. The SMILES string of the molecule is CCn1ncc(Cl)c1C(N)CSc1ccc(C)cc1. The molecular weight excluding hydrogens is 278 g/mol. The molecular formula is C14H18ClN3S. The van der Waals surface area contributed by atoms with Crippen molar-refractivity contribution in [2.45, 2.75) is 31.3 Å². The summed E-state index contributed by atoms with van der Waals surface area (Å²) < 4.78 is 1.86. The molecule has 0 aliphatic carbocycles. The van der Waals surface area contributed by atoms with E-state index in [0.717, 1.165) is 18.0 Å². The summed E-state index contributed by atoms with van der Waals surface area (Å²) in [6, 6.07) is 8.34. The quantitative estimate of drug-likeness (QED) is 0.856. The Morgan fingerprint density at radius 1 is 1.37 bits per heavy atom. The summed E-state index contributed by atoms with van der Waals surface area (Å²) >= 11 is 7.89. The molecule has 1 aromatic heterocycles. The minimum Gasteiger partial charge on any atom is -0.322 e. The van der Waals surface area contributed by atoms with Crippen molar-refractivity contribution in [3.05, 3.63) is 46.7 Å². The number of hydrogen-bond acceptors (Lipinski definition) is 3. The van der Waals surface area contributed by atoms with E-state index in [1.807, 2.05) is 11.6 Å². The van der Waals surface area contributed by atoms with E-state index in [2.05, 4.69) is 36.3 Å². The van der Waals surface area contributed by atoms with Crippen LogP contribution in [0.4, 0.5) is 0 Å². The van der Waals surface area contributed by atoms with Crippen LogP contribution in [-0.2, 0) is 6.54 Å². The molecule has 0 spiro atoms. The lowest BCUT2D eigenvalue weighted by Crippen LogP contribution is -2.18. The zero-order valence-corrected chi connectivity index (χ0v) is 12.7. The highest BCUT2D eigenvalue weighted by atomic mass is 35.5.